The van der Waals surface area contributed by atoms with Gasteiger partial charge in [-0.05, 0) is 0 Å². The molecule has 0 aromatic heterocycles. The van der Waals surface area contributed by atoms with E-state index in [2.05, 4.69) is 6.58 Å². The molecule has 0 aliphatic heterocycles. The molecule has 2 nitrogen and oxygen atoms in total. The monoisotopic (exact) mass is 194 g/mol. The largest absolute Gasteiger partial charge is 0.227 e. The molecule has 0 spiro atoms. The van der Waals surface area contributed by atoms with Crippen LogP contribution in [0.2, 0.25) is 0 Å². The summed E-state index contributed by atoms with van der Waals surface area (Å²) in [6.07, 6.45) is 3.25. The summed E-state index contributed by atoms with van der Waals surface area (Å²) < 4.78 is 1.29. The van der Waals surface area contributed by atoms with Crippen LogP contribution in [0.4, 0.5) is 0 Å². The first-order valence-electron chi connectivity index (χ1n) is 1.28. The van der Waals surface area contributed by atoms with Crippen LogP contribution in [0.1, 0.15) is 0 Å². The molecule has 0 aliphatic rings. The van der Waals surface area contributed by atoms with Gasteiger partial charge in [0.1, 0.15) is 0 Å². The van der Waals surface area contributed by atoms with E-state index in [1.165, 1.54) is 9.31 Å². The lowest BCUT2D eigenvalue weighted by Gasteiger charge is -1.88. The van der Waals surface area contributed by atoms with Gasteiger partial charge < -0.3 is 0 Å². The van der Waals surface area contributed by atoms with Crippen molar-refractivity contribution < 1.29 is 0 Å². The van der Waals surface area contributed by atoms with Gasteiger partial charge in [0, 0.05) is 6.20 Å². The van der Waals surface area contributed by atoms with E-state index in [-0.39, 0.29) is 0 Å². The van der Waals surface area contributed by atoms with Gasteiger partial charge in [-0.1, -0.05) is 6.58 Å². The SMILES string of the molecule is C=CN(I)C#N. The normalized spacial score (nSPS) is 6.00. The van der Waals surface area contributed by atoms with E-state index >= 15 is 0 Å². The predicted octanol–water partition coefficient (Wildman–Crippen LogP) is 1.26. The summed E-state index contributed by atoms with van der Waals surface area (Å²) in [6, 6.07) is 0. The maximum atomic E-state index is 7.93. The van der Waals surface area contributed by atoms with Crippen LogP contribution in [0.25, 0.3) is 0 Å². The lowest BCUT2D eigenvalue weighted by Crippen LogP contribution is -1.85. The fourth-order valence-corrected chi connectivity index (χ4v) is 0.0408. The predicted molar refractivity (Wildman–Crippen MR) is 31.7 cm³/mol. The molecule has 0 aliphatic carbocycles. The van der Waals surface area contributed by atoms with Gasteiger partial charge in [0.25, 0.3) is 0 Å². The van der Waals surface area contributed by atoms with Gasteiger partial charge in [-0.15, -0.1) is 0 Å². The smallest absolute Gasteiger partial charge is 0.193 e. The number of nitriles is 1. The molecule has 0 saturated carbocycles. The molecule has 0 unspecified atom stereocenters. The number of rotatable bonds is 1. The van der Waals surface area contributed by atoms with Crippen molar-refractivity contribution in [1.29, 1.82) is 5.26 Å². The Kier molecular flexibility index (Phi) is 2.85. The Morgan fingerprint density at radius 3 is 2.50 bits per heavy atom. The Bertz CT molecular complexity index is 83.3. The first-order chi connectivity index (χ1) is 2.81. The van der Waals surface area contributed by atoms with Crippen molar-refractivity contribution in [3.8, 4) is 6.19 Å². The summed E-state index contributed by atoms with van der Waals surface area (Å²) in [5.74, 6) is 0. The van der Waals surface area contributed by atoms with Gasteiger partial charge in [-0.3, -0.25) is 0 Å². The molecule has 0 rings (SSSR count). The van der Waals surface area contributed by atoms with Crippen LogP contribution < -0.4 is 0 Å². The number of hydrogen-bond donors (Lipinski definition) is 0. The molecule has 6 heavy (non-hydrogen) atoms. The summed E-state index contributed by atoms with van der Waals surface area (Å²) in [4.78, 5) is 0. The number of nitrogens with zero attached hydrogens (tertiary/aromatic N) is 2. The lowest BCUT2D eigenvalue weighted by molar-refractivity contribution is 0.945. The number of halogens is 1. The summed E-state index contributed by atoms with van der Waals surface area (Å²) >= 11 is 1.82. The molecule has 3 heteroatoms. The van der Waals surface area contributed by atoms with Crippen LogP contribution in [0.15, 0.2) is 12.8 Å². The highest BCUT2D eigenvalue weighted by molar-refractivity contribution is 14.1. The van der Waals surface area contributed by atoms with Crippen molar-refractivity contribution in [3.05, 3.63) is 12.8 Å². The Morgan fingerprint density at radius 2 is 2.50 bits per heavy atom. The molecule has 0 heterocycles. The Balaban J connectivity index is 3.30. The van der Waals surface area contributed by atoms with Crippen LogP contribution in [0, 0.1) is 11.5 Å². The van der Waals surface area contributed by atoms with Gasteiger partial charge in [-0.2, -0.15) is 5.26 Å². The van der Waals surface area contributed by atoms with Crippen molar-refractivity contribution in [2.45, 2.75) is 0 Å². The van der Waals surface area contributed by atoms with E-state index in [0.717, 1.165) is 0 Å². The average Bonchev–Trinajstić information content (AvgIpc) is 1.65. The third kappa shape index (κ3) is 2.03. The standard InChI is InChI=1S/C3H3IN2/c1-2-6(4)3-5/h2H,1H2. The van der Waals surface area contributed by atoms with E-state index in [9.17, 15) is 0 Å². The quantitative estimate of drug-likeness (QED) is 0.272. The zero-order valence-electron chi connectivity index (χ0n) is 3.06. The molecule has 0 atom stereocenters. The fourth-order valence-electron chi connectivity index (χ4n) is 0.0408. The molecule has 0 radical (unpaired) electrons. The van der Waals surface area contributed by atoms with Crippen LogP contribution in [-0.2, 0) is 0 Å². The molecule has 0 amide bonds. The van der Waals surface area contributed by atoms with Crippen molar-refractivity contribution >= 4 is 22.9 Å². The van der Waals surface area contributed by atoms with Crippen molar-refractivity contribution in [1.82, 2.24) is 3.11 Å². The van der Waals surface area contributed by atoms with E-state index < -0.39 is 0 Å². The molecular formula is C3H3IN2. The fraction of sp³-hybridized carbons (Fsp3) is 0. The zero-order chi connectivity index (χ0) is 4.99. The highest BCUT2D eigenvalue weighted by Crippen LogP contribution is 1.91. The Morgan fingerprint density at radius 1 is 2.00 bits per heavy atom. The molecule has 0 aromatic rings. The van der Waals surface area contributed by atoms with Crippen molar-refractivity contribution in [3.63, 3.8) is 0 Å². The molecule has 0 fully saturated rings. The minimum Gasteiger partial charge on any atom is -0.227 e. The van der Waals surface area contributed by atoms with Crippen molar-refractivity contribution in [2.75, 3.05) is 0 Å². The van der Waals surface area contributed by atoms with Gasteiger partial charge in [-0.25, -0.2) is 3.11 Å². The molecule has 32 valence electrons. The van der Waals surface area contributed by atoms with Crippen LogP contribution >= 0.6 is 22.9 Å². The molecular weight excluding hydrogens is 191 g/mol. The summed E-state index contributed by atoms with van der Waals surface area (Å²) in [6.45, 7) is 3.33. The maximum Gasteiger partial charge on any atom is 0.193 e. The van der Waals surface area contributed by atoms with Gasteiger partial charge in [0.15, 0.2) is 6.19 Å². The summed E-state index contributed by atoms with van der Waals surface area (Å²) in [7, 11) is 0. The second-order valence-electron chi connectivity index (χ2n) is 0.594. The highest BCUT2D eigenvalue weighted by Gasteiger charge is 1.76. The highest BCUT2D eigenvalue weighted by atomic mass is 127. The summed E-state index contributed by atoms with van der Waals surface area (Å²) in [5, 5.41) is 7.93. The zero-order valence-corrected chi connectivity index (χ0v) is 5.21. The minimum atomic E-state index is 1.29. The second-order valence-corrected chi connectivity index (χ2v) is 1.63. The molecule has 0 N–H and O–H groups in total. The topological polar surface area (TPSA) is 27.0 Å². The van der Waals surface area contributed by atoms with E-state index in [4.69, 9.17) is 5.26 Å². The number of hydrogen-bond acceptors (Lipinski definition) is 2. The lowest BCUT2D eigenvalue weighted by atomic mass is 11.0. The second kappa shape index (κ2) is 2.97. The molecule has 0 saturated heterocycles. The third-order valence-electron chi connectivity index (χ3n) is 0.256. The van der Waals surface area contributed by atoms with Crippen LogP contribution in [0.3, 0.4) is 0 Å². The first-order valence-corrected chi connectivity index (χ1v) is 2.25. The van der Waals surface area contributed by atoms with Crippen LogP contribution in [0.5, 0.6) is 0 Å². The molecule has 0 aromatic carbocycles. The van der Waals surface area contributed by atoms with E-state index in [1.54, 1.807) is 0 Å². The van der Waals surface area contributed by atoms with Gasteiger partial charge in [0.2, 0.25) is 0 Å². The Labute approximate surface area is 50.6 Å². The van der Waals surface area contributed by atoms with E-state index in [1.807, 2.05) is 29.1 Å². The van der Waals surface area contributed by atoms with E-state index in [0.29, 0.717) is 0 Å². The molecule has 0 bridgehead atoms. The van der Waals surface area contributed by atoms with Crippen molar-refractivity contribution in [2.24, 2.45) is 0 Å². The first kappa shape index (κ1) is 5.76. The Hall–Kier alpha value is -0.240. The maximum absolute atomic E-state index is 7.93. The minimum absolute atomic E-state index is 1.29. The summed E-state index contributed by atoms with van der Waals surface area (Å²) in [5.41, 5.74) is 0. The van der Waals surface area contributed by atoms with Gasteiger partial charge in [0.05, 0.1) is 22.9 Å². The average molecular weight is 194 g/mol. The van der Waals surface area contributed by atoms with Crippen LogP contribution in [-0.4, -0.2) is 3.11 Å². The third-order valence-corrected chi connectivity index (χ3v) is 0.865. The van der Waals surface area contributed by atoms with Gasteiger partial charge >= 0.3 is 0 Å².